The summed E-state index contributed by atoms with van der Waals surface area (Å²) in [6.45, 7) is -0.686. The van der Waals surface area contributed by atoms with E-state index < -0.39 is 92.2 Å². The average molecular weight is 469 g/mol. The topological polar surface area (TPSA) is 248 Å². The minimum atomic E-state index is -1.44. The van der Waals surface area contributed by atoms with Gasteiger partial charge in [-0.1, -0.05) is 0 Å². The molecule has 0 unspecified atom stereocenters. The molecule has 0 aromatic heterocycles. The Hall–Kier alpha value is -0.560. The molecule has 0 aromatic rings. The number of hydrogen-bond donors (Lipinski definition) is 10. The van der Waals surface area contributed by atoms with E-state index in [4.69, 9.17) is 36.1 Å². The van der Waals surface area contributed by atoms with Crippen LogP contribution in [0.4, 0.5) is 0 Å². The van der Waals surface area contributed by atoms with Gasteiger partial charge in [0.25, 0.3) is 0 Å². The molecular weight excluding hydrogens is 432 g/mol. The Labute approximate surface area is 185 Å². The SMILES string of the molecule is CN[C@H]1[C@@H](O)[C@H](O[C@@H]2[C@@H](O)[C@H](O[C@H]3O[C@H](CO)[C@@H](O)[C@@H](O)[C@@H]3N)[C@H](N)C[C@H]2N)OC[C@@H]1O. The van der Waals surface area contributed by atoms with Crippen LogP contribution in [0.5, 0.6) is 0 Å². The lowest BCUT2D eigenvalue weighted by Crippen LogP contribution is -2.68. The second kappa shape index (κ2) is 10.8. The molecule has 188 valence electrons. The largest absolute Gasteiger partial charge is 0.394 e. The fraction of sp³-hybridized carbons (Fsp3) is 1.00. The van der Waals surface area contributed by atoms with Gasteiger partial charge in [-0.05, 0) is 13.5 Å². The maximum absolute atomic E-state index is 10.9. The number of nitrogens with one attached hydrogen (secondary N) is 1. The third-order valence-electron chi connectivity index (χ3n) is 6.40. The molecular formula is C18H36N4O10. The zero-order chi connectivity index (χ0) is 23.7. The Morgan fingerprint density at radius 2 is 1.47 bits per heavy atom. The molecule has 1 saturated carbocycles. The molecule has 1 aliphatic carbocycles. The maximum atomic E-state index is 10.9. The molecule has 14 heteroatoms. The fourth-order valence-electron chi connectivity index (χ4n) is 4.45. The van der Waals surface area contributed by atoms with Crippen molar-refractivity contribution in [1.82, 2.24) is 5.32 Å². The summed E-state index contributed by atoms with van der Waals surface area (Å²) in [4.78, 5) is 0. The van der Waals surface area contributed by atoms with Crippen molar-refractivity contribution in [3.05, 3.63) is 0 Å². The van der Waals surface area contributed by atoms with Gasteiger partial charge in [-0.2, -0.15) is 0 Å². The lowest BCUT2D eigenvalue weighted by Gasteiger charge is -2.47. The lowest BCUT2D eigenvalue weighted by atomic mass is 9.84. The number of aliphatic hydroxyl groups is 6. The van der Waals surface area contributed by atoms with Crippen LogP contribution in [0.3, 0.4) is 0 Å². The van der Waals surface area contributed by atoms with Crippen LogP contribution >= 0.6 is 0 Å². The van der Waals surface area contributed by atoms with Crippen LogP contribution in [0.15, 0.2) is 0 Å². The van der Waals surface area contributed by atoms with Crippen molar-refractivity contribution < 1.29 is 49.6 Å². The highest BCUT2D eigenvalue weighted by Crippen LogP contribution is 2.30. The van der Waals surface area contributed by atoms with Gasteiger partial charge < -0.3 is 72.1 Å². The van der Waals surface area contributed by atoms with Gasteiger partial charge in [0.2, 0.25) is 0 Å². The van der Waals surface area contributed by atoms with Crippen LogP contribution in [0.2, 0.25) is 0 Å². The molecule has 2 saturated heterocycles. The molecule has 0 aromatic carbocycles. The molecule has 13 N–H and O–H groups in total. The van der Waals surface area contributed by atoms with Crippen molar-refractivity contribution >= 4 is 0 Å². The Morgan fingerprint density at radius 1 is 0.875 bits per heavy atom. The summed E-state index contributed by atoms with van der Waals surface area (Å²) in [5, 5.41) is 63.6. The quantitative estimate of drug-likeness (QED) is 0.174. The molecule has 2 heterocycles. The number of hydrogen-bond acceptors (Lipinski definition) is 14. The van der Waals surface area contributed by atoms with Crippen molar-refractivity contribution in [2.75, 3.05) is 20.3 Å². The van der Waals surface area contributed by atoms with Crippen LogP contribution in [-0.4, -0.2) is 136 Å². The minimum absolute atomic E-state index is 0.0989. The van der Waals surface area contributed by atoms with E-state index in [0.717, 1.165) is 0 Å². The van der Waals surface area contributed by atoms with Gasteiger partial charge in [0, 0.05) is 12.1 Å². The first-order chi connectivity index (χ1) is 15.1. The Bertz CT molecular complexity index is 606. The van der Waals surface area contributed by atoms with Crippen LogP contribution in [0.1, 0.15) is 6.42 Å². The molecule has 3 aliphatic rings. The highest BCUT2D eigenvalue weighted by molar-refractivity contribution is 5.01. The van der Waals surface area contributed by atoms with E-state index in [-0.39, 0.29) is 13.0 Å². The molecule has 14 atom stereocenters. The van der Waals surface area contributed by atoms with Crippen LogP contribution < -0.4 is 22.5 Å². The minimum Gasteiger partial charge on any atom is -0.394 e. The summed E-state index contributed by atoms with van der Waals surface area (Å²) in [5.74, 6) is 0. The van der Waals surface area contributed by atoms with Gasteiger partial charge in [-0.15, -0.1) is 0 Å². The first-order valence-corrected chi connectivity index (χ1v) is 10.6. The highest BCUT2D eigenvalue weighted by atomic mass is 16.7. The summed E-state index contributed by atoms with van der Waals surface area (Å²) < 4.78 is 22.4. The van der Waals surface area contributed by atoms with Gasteiger partial charge in [0.05, 0.1) is 31.4 Å². The van der Waals surface area contributed by atoms with E-state index in [2.05, 4.69) is 5.32 Å². The highest BCUT2D eigenvalue weighted by Gasteiger charge is 2.50. The fourth-order valence-corrected chi connectivity index (χ4v) is 4.45. The normalized spacial score (nSPS) is 52.7. The lowest BCUT2D eigenvalue weighted by molar-refractivity contribution is -0.311. The molecule has 0 spiro atoms. The van der Waals surface area contributed by atoms with Crippen LogP contribution in [0.25, 0.3) is 0 Å². The molecule has 3 rings (SSSR count). The third-order valence-corrected chi connectivity index (χ3v) is 6.40. The summed E-state index contributed by atoms with van der Waals surface area (Å²) in [6.07, 6.45) is -12.0. The van der Waals surface area contributed by atoms with Crippen molar-refractivity contribution in [2.24, 2.45) is 17.2 Å². The molecule has 3 fully saturated rings. The molecule has 32 heavy (non-hydrogen) atoms. The Balaban J connectivity index is 1.70. The average Bonchev–Trinajstić information content (AvgIpc) is 2.75. The first kappa shape index (κ1) is 26.1. The van der Waals surface area contributed by atoms with Crippen LogP contribution in [-0.2, 0) is 18.9 Å². The molecule has 0 amide bonds. The third kappa shape index (κ3) is 5.08. The van der Waals surface area contributed by atoms with Crippen LogP contribution in [0, 0.1) is 0 Å². The van der Waals surface area contributed by atoms with Crippen molar-refractivity contribution in [3.63, 3.8) is 0 Å². The van der Waals surface area contributed by atoms with E-state index in [1.807, 2.05) is 0 Å². The molecule has 0 radical (unpaired) electrons. The van der Waals surface area contributed by atoms with Gasteiger partial charge in [-0.25, -0.2) is 0 Å². The zero-order valence-corrected chi connectivity index (χ0v) is 17.8. The number of aliphatic hydroxyl groups excluding tert-OH is 6. The van der Waals surface area contributed by atoms with Gasteiger partial charge in [0.1, 0.15) is 42.7 Å². The van der Waals surface area contributed by atoms with Gasteiger partial charge in [0.15, 0.2) is 12.6 Å². The number of nitrogens with two attached hydrogens (primary N) is 3. The number of rotatable bonds is 6. The summed E-state index contributed by atoms with van der Waals surface area (Å²) >= 11 is 0. The molecule has 0 bridgehead atoms. The van der Waals surface area contributed by atoms with E-state index in [0.29, 0.717) is 0 Å². The second-order valence-corrected chi connectivity index (χ2v) is 8.61. The van der Waals surface area contributed by atoms with Crippen molar-refractivity contribution in [1.29, 1.82) is 0 Å². The Kier molecular flexibility index (Phi) is 8.79. The van der Waals surface area contributed by atoms with Gasteiger partial charge in [-0.3, -0.25) is 0 Å². The maximum Gasteiger partial charge on any atom is 0.185 e. The van der Waals surface area contributed by atoms with E-state index in [9.17, 15) is 30.6 Å². The molecule has 14 nitrogen and oxygen atoms in total. The predicted molar refractivity (Wildman–Crippen MR) is 107 cm³/mol. The Morgan fingerprint density at radius 3 is 2.03 bits per heavy atom. The van der Waals surface area contributed by atoms with Crippen molar-refractivity contribution in [2.45, 2.75) is 92.0 Å². The predicted octanol–water partition coefficient (Wildman–Crippen LogP) is -6.39. The number of ether oxygens (including phenoxy) is 4. The summed E-state index contributed by atoms with van der Waals surface area (Å²) in [6, 6.07) is -3.37. The summed E-state index contributed by atoms with van der Waals surface area (Å²) in [7, 11) is 1.57. The van der Waals surface area contributed by atoms with E-state index >= 15 is 0 Å². The van der Waals surface area contributed by atoms with Crippen molar-refractivity contribution in [3.8, 4) is 0 Å². The van der Waals surface area contributed by atoms with E-state index in [1.54, 1.807) is 7.05 Å². The zero-order valence-electron chi connectivity index (χ0n) is 17.8. The monoisotopic (exact) mass is 468 g/mol. The number of likely N-dealkylation sites (N-methyl/N-ethyl adjacent to an activating group) is 1. The summed E-state index contributed by atoms with van der Waals surface area (Å²) in [5.41, 5.74) is 18.2. The second-order valence-electron chi connectivity index (χ2n) is 8.61. The van der Waals surface area contributed by atoms with E-state index in [1.165, 1.54) is 0 Å². The standard InChI is InChI=1S/C18H36N4O10/c1-22-10-7(24)4-29-18(13(10)27)32-16-6(20)2-5(19)15(14(16)28)31-17-9(21)12(26)11(25)8(3-23)30-17/h5-18,22-28H,2-4,19-21H2,1H3/t5-,6-,7+,8-,9+,10-,11-,12+,13-,14+,15-,16+,17-,18+/m1/s1. The van der Waals surface area contributed by atoms with Gasteiger partial charge >= 0.3 is 0 Å². The smallest absolute Gasteiger partial charge is 0.185 e. The first-order valence-electron chi connectivity index (χ1n) is 10.6. The molecule has 2 aliphatic heterocycles.